The third-order valence-electron chi connectivity index (χ3n) is 2.95. The molecule has 1 atom stereocenters. The Morgan fingerprint density at radius 3 is 3.11 bits per heavy atom. The predicted octanol–water partition coefficient (Wildman–Crippen LogP) is 2.97. The lowest BCUT2D eigenvalue weighted by Gasteiger charge is -2.08. The molecule has 4 heteroatoms. The van der Waals surface area contributed by atoms with Gasteiger partial charge in [-0.15, -0.1) is 0 Å². The first-order valence-electron chi connectivity index (χ1n) is 5.74. The molecule has 0 saturated heterocycles. The van der Waals surface area contributed by atoms with Gasteiger partial charge < -0.3 is 9.47 Å². The third-order valence-corrected chi connectivity index (χ3v) is 3.68. The lowest BCUT2D eigenvalue weighted by Crippen LogP contribution is -2.17. The number of benzene rings is 1. The van der Waals surface area contributed by atoms with E-state index < -0.39 is 0 Å². The minimum Gasteiger partial charge on any atom is -0.492 e. The maximum Gasteiger partial charge on any atom is 0.317 e. The van der Waals surface area contributed by atoms with E-state index >= 15 is 0 Å². The van der Waals surface area contributed by atoms with Crippen LogP contribution in [0.3, 0.4) is 0 Å². The van der Waals surface area contributed by atoms with Crippen LogP contribution in [0.1, 0.15) is 17.0 Å². The molecule has 0 radical (unpaired) electrons. The van der Waals surface area contributed by atoms with Crippen LogP contribution in [0.2, 0.25) is 0 Å². The molecule has 2 heterocycles. The number of fused-ring (bicyclic) bond motifs is 1. The van der Waals surface area contributed by atoms with Gasteiger partial charge in [0.2, 0.25) is 0 Å². The SMILES string of the molecule is O=C(OCc1ccsc1)[C@@H]1COc2ccccc21. The molecule has 92 valence electrons. The molecule has 0 aliphatic carbocycles. The summed E-state index contributed by atoms with van der Waals surface area (Å²) in [5.74, 6) is 0.279. The van der Waals surface area contributed by atoms with Crippen molar-refractivity contribution in [3.05, 3.63) is 52.2 Å². The minimum absolute atomic E-state index is 0.217. The smallest absolute Gasteiger partial charge is 0.317 e. The summed E-state index contributed by atoms with van der Waals surface area (Å²) < 4.78 is 10.8. The minimum atomic E-state index is -0.292. The maximum absolute atomic E-state index is 12.0. The van der Waals surface area contributed by atoms with Crippen LogP contribution in [0.25, 0.3) is 0 Å². The number of ether oxygens (including phenoxy) is 2. The first-order chi connectivity index (χ1) is 8.84. The lowest BCUT2D eigenvalue weighted by atomic mass is 10.0. The van der Waals surface area contributed by atoms with Crippen LogP contribution in [-0.4, -0.2) is 12.6 Å². The van der Waals surface area contributed by atoms with Crippen LogP contribution in [0, 0.1) is 0 Å². The Bertz CT molecular complexity index is 548. The Labute approximate surface area is 109 Å². The second-order valence-electron chi connectivity index (χ2n) is 4.14. The number of esters is 1. The van der Waals surface area contributed by atoms with Gasteiger partial charge in [0.1, 0.15) is 24.9 Å². The van der Waals surface area contributed by atoms with E-state index in [0.717, 1.165) is 16.9 Å². The number of para-hydroxylation sites is 1. The van der Waals surface area contributed by atoms with E-state index in [2.05, 4.69) is 0 Å². The van der Waals surface area contributed by atoms with Gasteiger partial charge in [0, 0.05) is 11.1 Å². The first-order valence-corrected chi connectivity index (χ1v) is 6.68. The van der Waals surface area contributed by atoms with E-state index in [1.54, 1.807) is 11.3 Å². The van der Waals surface area contributed by atoms with Crippen molar-refractivity contribution in [2.24, 2.45) is 0 Å². The van der Waals surface area contributed by atoms with E-state index in [0.29, 0.717) is 13.2 Å². The van der Waals surface area contributed by atoms with Gasteiger partial charge in [-0.25, -0.2) is 0 Å². The molecular weight excluding hydrogens is 248 g/mol. The summed E-state index contributed by atoms with van der Waals surface area (Å²) >= 11 is 1.60. The maximum atomic E-state index is 12.0. The van der Waals surface area contributed by atoms with E-state index in [1.165, 1.54) is 0 Å². The standard InChI is InChI=1S/C14H12O3S/c15-14(17-7-10-5-6-18-9-10)12-8-16-13-4-2-1-3-11(12)13/h1-6,9,12H,7-8H2/t12-/m1/s1. The van der Waals surface area contributed by atoms with Crippen molar-refractivity contribution in [2.45, 2.75) is 12.5 Å². The summed E-state index contributed by atoms with van der Waals surface area (Å²) in [6.45, 7) is 0.711. The Balaban J connectivity index is 1.67. The van der Waals surface area contributed by atoms with Gasteiger partial charge in [-0.2, -0.15) is 11.3 Å². The average molecular weight is 260 g/mol. The second-order valence-corrected chi connectivity index (χ2v) is 4.92. The van der Waals surface area contributed by atoms with Crippen molar-refractivity contribution in [1.82, 2.24) is 0 Å². The highest BCUT2D eigenvalue weighted by molar-refractivity contribution is 7.07. The van der Waals surface area contributed by atoms with E-state index in [4.69, 9.17) is 9.47 Å². The molecule has 0 unspecified atom stereocenters. The van der Waals surface area contributed by atoms with Gasteiger partial charge in [0.15, 0.2) is 0 Å². The average Bonchev–Trinajstić information content (AvgIpc) is 3.05. The van der Waals surface area contributed by atoms with Crippen molar-refractivity contribution in [3.8, 4) is 5.75 Å². The Morgan fingerprint density at radius 2 is 2.28 bits per heavy atom. The van der Waals surface area contributed by atoms with Gasteiger partial charge in [0.05, 0.1) is 0 Å². The van der Waals surface area contributed by atoms with Gasteiger partial charge in [-0.05, 0) is 22.9 Å². The largest absolute Gasteiger partial charge is 0.492 e. The van der Waals surface area contributed by atoms with E-state index in [1.807, 2.05) is 41.1 Å². The lowest BCUT2D eigenvalue weighted by molar-refractivity contribution is -0.147. The van der Waals surface area contributed by atoms with Gasteiger partial charge in [-0.1, -0.05) is 18.2 Å². The summed E-state index contributed by atoms with van der Waals surface area (Å²) in [5.41, 5.74) is 1.95. The fourth-order valence-corrected chi connectivity index (χ4v) is 2.64. The quantitative estimate of drug-likeness (QED) is 0.796. The molecule has 0 spiro atoms. The number of hydrogen-bond acceptors (Lipinski definition) is 4. The molecule has 1 aromatic heterocycles. The number of carbonyl (C=O) groups excluding carboxylic acids is 1. The molecule has 0 saturated carbocycles. The highest BCUT2D eigenvalue weighted by Gasteiger charge is 2.31. The second kappa shape index (κ2) is 4.82. The topological polar surface area (TPSA) is 35.5 Å². The zero-order valence-corrected chi connectivity index (χ0v) is 10.5. The molecule has 1 aromatic carbocycles. The van der Waals surface area contributed by atoms with Crippen molar-refractivity contribution in [1.29, 1.82) is 0 Å². The zero-order valence-electron chi connectivity index (χ0n) is 9.67. The number of thiophene rings is 1. The van der Waals surface area contributed by atoms with Gasteiger partial charge >= 0.3 is 5.97 Å². The summed E-state index contributed by atoms with van der Waals surface area (Å²) in [6.07, 6.45) is 0. The van der Waals surface area contributed by atoms with Gasteiger partial charge in [0.25, 0.3) is 0 Å². The molecule has 2 aromatic rings. The van der Waals surface area contributed by atoms with Crippen LogP contribution < -0.4 is 4.74 Å². The molecule has 0 N–H and O–H groups in total. The van der Waals surface area contributed by atoms with Crippen LogP contribution in [-0.2, 0) is 16.1 Å². The van der Waals surface area contributed by atoms with Gasteiger partial charge in [-0.3, -0.25) is 4.79 Å². The summed E-state index contributed by atoms with van der Waals surface area (Å²) in [4.78, 5) is 12.0. The normalized spacial score (nSPS) is 17.0. The van der Waals surface area contributed by atoms with Crippen LogP contribution in [0.15, 0.2) is 41.1 Å². The predicted molar refractivity (Wildman–Crippen MR) is 68.8 cm³/mol. The van der Waals surface area contributed by atoms with Crippen molar-refractivity contribution in [3.63, 3.8) is 0 Å². The number of hydrogen-bond donors (Lipinski definition) is 0. The number of rotatable bonds is 3. The Hall–Kier alpha value is -1.81. The molecule has 0 bridgehead atoms. The molecule has 1 aliphatic heterocycles. The molecule has 0 amide bonds. The summed E-state index contributed by atoms with van der Waals surface area (Å²) in [7, 11) is 0. The molecule has 3 nitrogen and oxygen atoms in total. The van der Waals surface area contributed by atoms with Crippen molar-refractivity contribution < 1.29 is 14.3 Å². The third kappa shape index (κ3) is 2.11. The highest BCUT2D eigenvalue weighted by Crippen LogP contribution is 2.34. The fraction of sp³-hybridized carbons (Fsp3) is 0.214. The molecule has 0 fully saturated rings. The van der Waals surface area contributed by atoms with E-state index in [9.17, 15) is 4.79 Å². The molecular formula is C14H12O3S. The zero-order chi connectivity index (χ0) is 12.4. The Kier molecular flexibility index (Phi) is 3.02. The van der Waals surface area contributed by atoms with Crippen LogP contribution in [0.4, 0.5) is 0 Å². The fourth-order valence-electron chi connectivity index (χ4n) is 1.99. The monoisotopic (exact) mass is 260 g/mol. The van der Waals surface area contributed by atoms with Crippen molar-refractivity contribution in [2.75, 3.05) is 6.61 Å². The van der Waals surface area contributed by atoms with Crippen molar-refractivity contribution >= 4 is 17.3 Å². The van der Waals surface area contributed by atoms with Crippen LogP contribution >= 0.6 is 11.3 Å². The first kappa shape index (κ1) is 11.3. The Morgan fingerprint density at radius 1 is 1.39 bits per heavy atom. The highest BCUT2D eigenvalue weighted by atomic mass is 32.1. The van der Waals surface area contributed by atoms with E-state index in [-0.39, 0.29) is 11.9 Å². The molecule has 3 rings (SSSR count). The van der Waals surface area contributed by atoms with Crippen LogP contribution in [0.5, 0.6) is 5.75 Å². The summed E-state index contributed by atoms with van der Waals surface area (Å²) in [6, 6.07) is 9.56. The molecule has 1 aliphatic rings. The number of carbonyl (C=O) groups is 1. The molecule has 18 heavy (non-hydrogen) atoms. The summed E-state index contributed by atoms with van der Waals surface area (Å²) in [5, 5.41) is 3.95.